The Morgan fingerprint density at radius 2 is 2.00 bits per heavy atom. The van der Waals surface area contributed by atoms with Crippen molar-refractivity contribution < 1.29 is 14.6 Å². The second kappa shape index (κ2) is 4.97. The van der Waals surface area contributed by atoms with E-state index in [4.69, 9.17) is 9.84 Å². The van der Waals surface area contributed by atoms with Crippen LogP contribution in [0.1, 0.15) is 44.9 Å². The molecule has 1 aliphatic heterocycles. The lowest BCUT2D eigenvalue weighted by atomic mass is 9.83. The van der Waals surface area contributed by atoms with E-state index in [0.29, 0.717) is 12.3 Å². The van der Waals surface area contributed by atoms with Gasteiger partial charge in [-0.1, -0.05) is 25.7 Å². The molecule has 3 heteroatoms. The molecule has 0 spiro atoms. The summed E-state index contributed by atoms with van der Waals surface area (Å²) in [6, 6.07) is 0. The van der Waals surface area contributed by atoms with Crippen LogP contribution in [0.25, 0.3) is 0 Å². The summed E-state index contributed by atoms with van der Waals surface area (Å²) in [4.78, 5) is 10.9. The quantitative estimate of drug-likeness (QED) is 0.778. The highest BCUT2D eigenvalue weighted by Gasteiger charge is 2.35. The number of carbonyl (C=O) groups is 1. The van der Waals surface area contributed by atoms with Gasteiger partial charge in [0.1, 0.15) is 0 Å². The number of hydrogen-bond acceptors (Lipinski definition) is 2. The lowest BCUT2D eigenvalue weighted by Crippen LogP contribution is -2.28. The molecule has 0 aromatic heterocycles. The average molecular weight is 212 g/mol. The first kappa shape index (κ1) is 10.9. The van der Waals surface area contributed by atoms with Crippen LogP contribution < -0.4 is 0 Å². The predicted octanol–water partition coefficient (Wildman–Crippen LogP) is 2.45. The van der Waals surface area contributed by atoms with Crippen LogP contribution in [-0.4, -0.2) is 23.8 Å². The Hall–Kier alpha value is -0.570. The van der Waals surface area contributed by atoms with E-state index < -0.39 is 5.97 Å². The summed E-state index contributed by atoms with van der Waals surface area (Å²) in [7, 11) is 0. The fraction of sp³-hybridized carbons (Fsp3) is 0.917. The topological polar surface area (TPSA) is 46.5 Å². The van der Waals surface area contributed by atoms with Crippen molar-refractivity contribution in [3.05, 3.63) is 0 Å². The molecule has 1 saturated carbocycles. The highest BCUT2D eigenvalue weighted by Crippen LogP contribution is 2.38. The number of ether oxygens (including phenoxy) is 1. The third kappa shape index (κ3) is 2.71. The van der Waals surface area contributed by atoms with Crippen LogP contribution in [0.2, 0.25) is 0 Å². The van der Waals surface area contributed by atoms with Crippen LogP contribution >= 0.6 is 0 Å². The SMILES string of the molecule is O=C(O)CC(C1CCCC1)C1CCCO1. The molecule has 1 saturated heterocycles. The van der Waals surface area contributed by atoms with Crippen molar-refractivity contribution in [3.8, 4) is 0 Å². The summed E-state index contributed by atoms with van der Waals surface area (Å²) in [5, 5.41) is 8.95. The molecule has 0 aromatic carbocycles. The number of rotatable bonds is 4. The smallest absolute Gasteiger partial charge is 0.303 e. The van der Waals surface area contributed by atoms with Crippen molar-refractivity contribution in [2.24, 2.45) is 11.8 Å². The molecule has 2 fully saturated rings. The van der Waals surface area contributed by atoms with Crippen molar-refractivity contribution in [2.75, 3.05) is 6.61 Å². The van der Waals surface area contributed by atoms with Crippen LogP contribution in [0, 0.1) is 11.8 Å². The molecule has 1 aliphatic carbocycles. The van der Waals surface area contributed by atoms with Crippen molar-refractivity contribution in [1.29, 1.82) is 0 Å². The summed E-state index contributed by atoms with van der Waals surface area (Å²) >= 11 is 0. The molecule has 1 N–H and O–H groups in total. The second-order valence-corrected chi connectivity index (χ2v) is 4.86. The van der Waals surface area contributed by atoms with Gasteiger partial charge >= 0.3 is 5.97 Å². The van der Waals surface area contributed by atoms with Gasteiger partial charge in [0, 0.05) is 6.61 Å². The van der Waals surface area contributed by atoms with Crippen molar-refractivity contribution in [1.82, 2.24) is 0 Å². The number of hydrogen-bond donors (Lipinski definition) is 1. The molecular formula is C12H20O3. The maximum atomic E-state index is 10.9. The molecule has 2 unspecified atom stereocenters. The lowest BCUT2D eigenvalue weighted by molar-refractivity contribution is -0.140. The zero-order valence-electron chi connectivity index (χ0n) is 9.15. The van der Waals surface area contributed by atoms with Crippen LogP contribution in [0.15, 0.2) is 0 Å². The first-order valence-corrected chi connectivity index (χ1v) is 6.11. The van der Waals surface area contributed by atoms with E-state index in [1.54, 1.807) is 0 Å². The third-order valence-corrected chi connectivity index (χ3v) is 3.86. The third-order valence-electron chi connectivity index (χ3n) is 3.86. The van der Waals surface area contributed by atoms with Gasteiger partial charge < -0.3 is 9.84 Å². The van der Waals surface area contributed by atoms with Crippen molar-refractivity contribution in [3.63, 3.8) is 0 Å². The predicted molar refractivity (Wildman–Crippen MR) is 56.7 cm³/mol. The molecule has 86 valence electrons. The minimum atomic E-state index is -0.664. The number of aliphatic carboxylic acids is 1. The average Bonchev–Trinajstić information content (AvgIpc) is 2.87. The van der Waals surface area contributed by atoms with Crippen LogP contribution in [0.5, 0.6) is 0 Å². The standard InChI is InChI=1S/C12H20O3/c13-12(14)8-10(9-4-1-2-5-9)11-6-3-7-15-11/h9-11H,1-8H2,(H,13,14). The Morgan fingerprint density at radius 1 is 1.27 bits per heavy atom. The van der Waals surface area contributed by atoms with Crippen LogP contribution in [0.3, 0.4) is 0 Å². The minimum Gasteiger partial charge on any atom is -0.481 e. The van der Waals surface area contributed by atoms with E-state index in [-0.39, 0.29) is 12.0 Å². The Bertz CT molecular complexity index is 199. The molecule has 0 amide bonds. The zero-order valence-corrected chi connectivity index (χ0v) is 9.15. The Labute approximate surface area is 90.8 Å². The molecule has 0 aromatic rings. The van der Waals surface area contributed by atoms with E-state index >= 15 is 0 Å². The molecule has 0 bridgehead atoms. The fourth-order valence-electron chi connectivity index (χ4n) is 3.13. The van der Waals surface area contributed by atoms with Gasteiger partial charge in [-0.25, -0.2) is 0 Å². The van der Waals surface area contributed by atoms with Gasteiger partial charge in [0.15, 0.2) is 0 Å². The highest BCUT2D eigenvalue weighted by atomic mass is 16.5. The first-order valence-electron chi connectivity index (χ1n) is 6.11. The Kier molecular flexibility index (Phi) is 3.62. The van der Waals surface area contributed by atoms with E-state index in [2.05, 4.69) is 0 Å². The summed E-state index contributed by atoms with van der Waals surface area (Å²) in [6.45, 7) is 0.827. The normalized spacial score (nSPS) is 29.5. The van der Waals surface area contributed by atoms with Gasteiger partial charge in [-0.2, -0.15) is 0 Å². The lowest BCUT2D eigenvalue weighted by Gasteiger charge is -2.27. The molecule has 1 heterocycles. The van der Waals surface area contributed by atoms with Gasteiger partial charge in [0.25, 0.3) is 0 Å². The highest BCUT2D eigenvalue weighted by molar-refractivity contribution is 5.67. The summed E-state index contributed by atoms with van der Waals surface area (Å²) in [5.74, 6) is 0.208. The summed E-state index contributed by atoms with van der Waals surface area (Å²) in [5.41, 5.74) is 0. The molecule has 2 atom stereocenters. The maximum absolute atomic E-state index is 10.9. The van der Waals surface area contributed by atoms with Gasteiger partial charge in [-0.3, -0.25) is 4.79 Å². The second-order valence-electron chi connectivity index (χ2n) is 4.86. The van der Waals surface area contributed by atoms with Gasteiger partial charge in [-0.15, -0.1) is 0 Å². The van der Waals surface area contributed by atoms with Gasteiger partial charge in [0.2, 0.25) is 0 Å². The van der Waals surface area contributed by atoms with Crippen LogP contribution in [-0.2, 0) is 9.53 Å². The largest absolute Gasteiger partial charge is 0.481 e. The van der Waals surface area contributed by atoms with Crippen LogP contribution in [0.4, 0.5) is 0 Å². The zero-order chi connectivity index (χ0) is 10.7. The van der Waals surface area contributed by atoms with E-state index in [1.165, 1.54) is 25.7 Å². The Morgan fingerprint density at radius 3 is 2.53 bits per heavy atom. The van der Waals surface area contributed by atoms with E-state index in [9.17, 15) is 4.79 Å². The Balaban J connectivity index is 1.97. The summed E-state index contributed by atoms with van der Waals surface area (Å²) in [6.07, 6.45) is 7.65. The van der Waals surface area contributed by atoms with Gasteiger partial charge in [0.05, 0.1) is 12.5 Å². The minimum absolute atomic E-state index is 0.226. The molecule has 0 radical (unpaired) electrons. The molecule has 15 heavy (non-hydrogen) atoms. The van der Waals surface area contributed by atoms with E-state index in [0.717, 1.165) is 19.4 Å². The first-order chi connectivity index (χ1) is 7.27. The fourth-order valence-corrected chi connectivity index (χ4v) is 3.13. The molecule has 2 aliphatic rings. The summed E-state index contributed by atoms with van der Waals surface area (Å²) < 4.78 is 5.67. The van der Waals surface area contributed by atoms with E-state index in [1.807, 2.05) is 0 Å². The molecule has 2 rings (SSSR count). The molecular weight excluding hydrogens is 192 g/mol. The monoisotopic (exact) mass is 212 g/mol. The van der Waals surface area contributed by atoms with Crippen molar-refractivity contribution in [2.45, 2.75) is 51.0 Å². The maximum Gasteiger partial charge on any atom is 0.303 e. The molecule has 3 nitrogen and oxygen atoms in total. The number of carboxylic acid groups (broad SMARTS) is 1. The number of carboxylic acids is 1. The van der Waals surface area contributed by atoms with Gasteiger partial charge in [-0.05, 0) is 24.7 Å². The van der Waals surface area contributed by atoms with Crippen molar-refractivity contribution >= 4 is 5.97 Å².